The molecule has 11 aromatic rings. The van der Waals surface area contributed by atoms with Crippen molar-refractivity contribution >= 4 is 65.6 Å². The summed E-state index contributed by atoms with van der Waals surface area (Å²) in [7, 11) is 0. The topological polar surface area (TPSA) is 44.1 Å². The minimum atomic E-state index is 0.628. The number of hydrogen-bond acceptors (Lipinski definition) is 3. The zero-order valence-electron chi connectivity index (χ0n) is 27.2. The second kappa shape index (κ2) is 9.84. The summed E-state index contributed by atoms with van der Waals surface area (Å²) in [5, 5.41) is 7.35. The lowest BCUT2D eigenvalue weighted by molar-refractivity contribution is 0.620. The van der Waals surface area contributed by atoms with Gasteiger partial charge >= 0.3 is 0 Å². The normalized spacial score (nSPS) is 12.3. The Bertz CT molecular complexity index is 3250. The summed E-state index contributed by atoms with van der Waals surface area (Å²) in [6.07, 6.45) is 0. The van der Waals surface area contributed by atoms with Crippen LogP contribution in [0.4, 0.5) is 0 Å². The molecule has 1 aliphatic rings. The summed E-state index contributed by atoms with van der Waals surface area (Å²) in [6.45, 7) is 0. The maximum Gasteiger partial charge on any atom is 0.227 e. The van der Waals surface area contributed by atoms with Gasteiger partial charge in [-0.3, -0.25) is 0 Å². The van der Waals surface area contributed by atoms with Crippen LogP contribution in [0.1, 0.15) is 0 Å². The van der Waals surface area contributed by atoms with E-state index in [1.807, 2.05) is 36.4 Å². The molecule has 8 aromatic carbocycles. The van der Waals surface area contributed by atoms with Crippen LogP contribution < -0.4 is 0 Å². The summed E-state index contributed by atoms with van der Waals surface area (Å²) in [5.41, 5.74) is 15.1. The molecule has 0 spiro atoms. The van der Waals surface area contributed by atoms with Gasteiger partial charge in [-0.25, -0.2) is 4.98 Å². The van der Waals surface area contributed by atoms with Crippen molar-refractivity contribution in [3.05, 3.63) is 158 Å². The summed E-state index contributed by atoms with van der Waals surface area (Å²) in [5.74, 6) is 0.628. The lowest BCUT2D eigenvalue weighted by Crippen LogP contribution is -1.94. The quantitative estimate of drug-likeness (QED) is 0.191. The van der Waals surface area contributed by atoms with E-state index in [9.17, 15) is 0 Å². The molecule has 4 heteroatoms. The van der Waals surface area contributed by atoms with Crippen LogP contribution in [0, 0.1) is 0 Å². The minimum Gasteiger partial charge on any atom is -0.456 e. The van der Waals surface area contributed by atoms with Crippen molar-refractivity contribution in [2.45, 2.75) is 0 Å². The number of furan rings is 1. The maximum absolute atomic E-state index is 6.42. The van der Waals surface area contributed by atoms with Crippen molar-refractivity contribution in [1.82, 2.24) is 9.55 Å². The summed E-state index contributed by atoms with van der Waals surface area (Å²) < 4.78 is 15.1. The third-order valence-corrected chi connectivity index (χ3v) is 10.8. The van der Waals surface area contributed by atoms with Gasteiger partial charge in [0.05, 0.1) is 11.0 Å². The number of aromatic nitrogens is 2. The number of rotatable bonds is 3. The predicted molar refractivity (Wildman–Crippen MR) is 208 cm³/mol. The first-order chi connectivity index (χ1) is 25.3. The molecule has 0 amide bonds. The number of fused-ring (bicyclic) bond motifs is 7. The van der Waals surface area contributed by atoms with Crippen LogP contribution in [0.5, 0.6) is 0 Å². The SMILES string of the molecule is c1ccc(-c2nc3ccc(-c4ccc5oc6ccc(-n7c8cccc9c8c8c%10c(cccc%10ccc87)-c7ccccc7-9)cc6c5c4)cc3o2)cc1. The Morgan fingerprint density at radius 3 is 1.96 bits per heavy atom. The lowest BCUT2D eigenvalue weighted by Gasteiger charge is -2.13. The molecule has 1 aliphatic carbocycles. The highest BCUT2D eigenvalue weighted by atomic mass is 16.3. The molecule has 3 aromatic heterocycles. The first kappa shape index (κ1) is 27.0. The molecule has 236 valence electrons. The van der Waals surface area contributed by atoms with E-state index in [2.05, 4.69) is 126 Å². The molecule has 0 aliphatic heterocycles. The Balaban J connectivity index is 1.06. The molecule has 0 fully saturated rings. The van der Waals surface area contributed by atoms with E-state index in [-0.39, 0.29) is 0 Å². The van der Waals surface area contributed by atoms with E-state index in [0.29, 0.717) is 5.89 Å². The molecule has 3 heterocycles. The van der Waals surface area contributed by atoms with Gasteiger partial charge in [0.2, 0.25) is 5.89 Å². The van der Waals surface area contributed by atoms with Crippen LogP contribution in [0.3, 0.4) is 0 Å². The monoisotopic (exact) mass is 650 g/mol. The van der Waals surface area contributed by atoms with Crippen LogP contribution in [-0.4, -0.2) is 9.55 Å². The largest absolute Gasteiger partial charge is 0.456 e. The molecule has 0 atom stereocenters. The maximum atomic E-state index is 6.42. The first-order valence-corrected chi connectivity index (χ1v) is 17.3. The molecule has 0 unspecified atom stereocenters. The second-order valence-electron chi connectivity index (χ2n) is 13.5. The number of hydrogen-bond donors (Lipinski definition) is 0. The number of nitrogens with zero attached hydrogens (tertiary/aromatic N) is 2. The number of oxazole rings is 1. The first-order valence-electron chi connectivity index (χ1n) is 17.3. The van der Waals surface area contributed by atoms with Crippen LogP contribution in [-0.2, 0) is 0 Å². The third-order valence-electron chi connectivity index (χ3n) is 10.8. The fraction of sp³-hybridized carbons (Fsp3) is 0. The Hall–Kier alpha value is -6.91. The fourth-order valence-corrected chi connectivity index (χ4v) is 8.50. The number of benzene rings is 8. The van der Waals surface area contributed by atoms with Gasteiger partial charge in [0.15, 0.2) is 5.58 Å². The molecular formula is C47H26N2O2. The molecule has 0 N–H and O–H groups in total. The average Bonchev–Trinajstić information content (AvgIpc) is 3.86. The molecular weight excluding hydrogens is 625 g/mol. The van der Waals surface area contributed by atoms with Crippen molar-refractivity contribution in [1.29, 1.82) is 0 Å². The van der Waals surface area contributed by atoms with Gasteiger partial charge in [0, 0.05) is 32.8 Å². The third kappa shape index (κ3) is 3.71. The summed E-state index contributed by atoms with van der Waals surface area (Å²) in [4.78, 5) is 4.74. The van der Waals surface area contributed by atoms with Crippen LogP contribution in [0.25, 0.3) is 116 Å². The van der Waals surface area contributed by atoms with E-state index >= 15 is 0 Å². The Morgan fingerprint density at radius 1 is 0.412 bits per heavy atom. The van der Waals surface area contributed by atoms with E-state index < -0.39 is 0 Å². The molecule has 51 heavy (non-hydrogen) atoms. The van der Waals surface area contributed by atoms with Crippen molar-refractivity contribution in [2.24, 2.45) is 0 Å². The van der Waals surface area contributed by atoms with Gasteiger partial charge in [-0.05, 0) is 111 Å². The van der Waals surface area contributed by atoms with Crippen molar-refractivity contribution < 1.29 is 8.83 Å². The molecule has 0 radical (unpaired) electrons. The van der Waals surface area contributed by atoms with Crippen LogP contribution in [0.15, 0.2) is 167 Å². The Labute approximate surface area is 291 Å². The highest BCUT2D eigenvalue weighted by molar-refractivity contribution is 6.30. The minimum absolute atomic E-state index is 0.628. The highest BCUT2D eigenvalue weighted by Crippen LogP contribution is 2.49. The highest BCUT2D eigenvalue weighted by Gasteiger charge is 2.24. The van der Waals surface area contributed by atoms with Gasteiger partial charge in [-0.1, -0.05) is 91.0 Å². The van der Waals surface area contributed by atoms with Crippen molar-refractivity contribution in [3.8, 4) is 50.5 Å². The molecule has 0 bridgehead atoms. The zero-order valence-corrected chi connectivity index (χ0v) is 27.2. The van der Waals surface area contributed by atoms with Crippen LogP contribution >= 0.6 is 0 Å². The molecule has 12 rings (SSSR count). The summed E-state index contributed by atoms with van der Waals surface area (Å²) >= 11 is 0. The lowest BCUT2D eigenvalue weighted by atomic mass is 9.93. The van der Waals surface area contributed by atoms with Crippen LogP contribution in [0.2, 0.25) is 0 Å². The van der Waals surface area contributed by atoms with Crippen molar-refractivity contribution in [3.63, 3.8) is 0 Å². The van der Waals surface area contributed by atoms with E-state index in [0.717, 1.165) is 55.4 Å². The molecule has 0 saturated heterocycles. The van der Waals surface area contributed by atoms with Gasteiger partial charge in [0.1, 0.15) is 16.7 Å². The van der Waals surface area contributed by atoms with Gasteiger partial charge in [-0.15, -0.1) is 0 Å². The van der Waals surface area contributed by atoms with Gasteiger partial charge in [-0.2, -0.15) is 0 Å². The van der Waals surface area contributed by atoms with E-state index in [1.54, 1.807) is 0 Å². The molecule has 4 nitrogen and oxygen atoms in total. The second-order valence-corrected chi connectivity index (χ2v) is 13.5. The molecule has 0 saturated carbocycles. The van der Waals surface area contributed by atoms with E-state index in [4.69, 9.17) is 13.8 Å². The van der Waals surface area contributed by atoms with Crippen molar-refractivity contribution in [2.75, 3.05) is 0 Å². The van der Waals surface area contributed by atoms with Gasteiger partial charge in [0.25, 0.3) is 0 Å². The standard InChI is InChI=1S/C47H26N2O2/c1-2-8-28(9-3-1)47-48-38-20-16-30(25-43(38)51-47)29-18-22-41-36(24-29)37-26-31(19-23-42(37)50-41)49-39-15-7-14-35-33-12-5-4-11-32(33)34-13-6-10-27-17-21-40(49)46(44(27)34)45(35)39/h1-26H. The van der Waals surface area contributed by atoms with E-state index in [1.165, 1.54) is 54.8 Å². The smallest absolute Gasteiger partial charge is 0.227 e. The average molecular weight is 651 g/mol. The fourth-order valence-electron chi connectivity index (χ4n) is 8.50. The predicted octanol–water partition coefficient (Wildman–Crippen LogP) is 13.0. The zero-order chi connectivity index (χ0) is 33.2. The summed E-state index contributed by atoms with van der Waals surface area (Å²) in [6, 6.07) is 56.1. The van der Waals surface area contributed by atoms with Gasteiger partial charge < -0.3 is 13.4 Å². The Kier molecular flexibility index (Phi) is 5.20. The Morgan fingerprint density at radius 2 is 1.10 bits per heavy atom.